The second kappa shape index (κ2) is 8.90. The summed E-state index contributed by atoms with van der Waals surface area (Å²) >= 11 is 0. The predicted octanol–water partition coefficient (Wildman–Crippen LogP) is 2.09. The molecule has 0 amide bonds. The minimum absolute atomic E-state index is 0. The number of rotatable bonds is 3. The molecule has 29 heavy (non-hydrogen) atoms. The summed E-state index contributed by atoms with van der Waals surface area (Å²) in [6.45, 7) is 0. The van der Waals surface area contributed by atoms with Crippen LogP contribution in [-0.4, -0.2) is 50.4 Å². The fourth-order valence-corrected chi connectivity index (χ4v) is 4.22. The maximum absolute atomic E-state index is 12.2. The van der Waals surface area contributed by atoms with E-state index in [1.54, 1.807) is 5.01 Å². The number of nitrogens with zero attached hydrogens (tertiary/aromatic N) is 3. The van der Waals surface area contributed by atoms with Crippen LogP contribution in [0.2, 0.25) is 0 Å². The number of hydrogen-bond donors (Lipinski definition) is 0. The Bertz CT molecular complexity index is 821. The van der Waals surface area contributed by atoms with E-state index < -0.39 is 36.0 Å². The Morgan fingerprint density at radius 3 is 2.21 bits per heavy atom. The van der Waals surface area contributed by atoms with E-state index >= 15 is 0 Å². The van der Waals surface area contributed by atoms with Crippen molar-refractivity contribution in [3.63, 3.8) is 0 Å². The van der Waals surface area contributed by atoms with Gasteiger partial charge in [0.15, 0.2) is 0 Å². The van der Waals surface area contributed by atoms with Crippen LogP contribution in [0, 0.1) is 11.8 Å². The van der Waals surface area contributed by atoms with E-state index in [1.165, 1.54) is 14.2 Å². The van der Waals surface area contributed by atoms with Crippen molar-refractivity contribution in [1.82, 2.24) is 0 Å². The summed E-state index contributed by atoms with van der Waals surface area (Å²) in [5.74, 6) is -2.37. The average molecular weight is 439 g/mol. The van der Waals surface area contributed by atoms with Gasteiger partial charge in [-0.3, -0.25) is 14.6 Å². The molecule has 9 heteroatoms. The van der Waals surface area contributed by atoms with E-state index in [1.807, 2.05) is 54.6 Å². The van der Waals surface area contributed by atoms with E-state index in [2.05, 4.69) is 10.3 Å². The zero-order chi connectivity index (χ0) is 19.7. The molecular formula is C20H21FeN3O5. The summed E-state index contributed by atoms with van der Waals surface area (Å²) in [6, 6.07) is 17.1. The Morgan fingerprint density at radius 2 is 1.69 bits per heavy atom. The third kappa shape index (κ3) is 3.61. The zero-order valence-electron chi connectivity index (χ0n) is 15.9. The number of ether oxygens (including phenoxy) is 3. The number of fused-ring (bicyclic) bond motifs is 5. The fraction of sp³-hybridized carbons (Fsp3) is 0.400. The van der Waals surface area contributed by atoms with E-state index in [0.29, 0.717) is 0 Å². The molecule has 8 nitrogen and oxygen atoms in total. The van der Waals surface area contributed by atoms with Crippen molar-refractivity contribution >= 4 is 17.6 Å². The summed E-state index contributed by atoms with van der Waals surface area (Å²) < 4.78 is 15.7. The molecular weight excluding hydrogens is 418 g/mol. The number of carbonyl (C=O) groups is 2. The third-order valence-electron chi connectivity index (χ3n) is 5.41. The van der Waals surface area contributed by atoms with Crippen LogP contribution < -0.4 is 5.01 Å². The molecule has 5 rings (SSSR count). The van der Waals surface area contributed by atoms with Crippen LogP contribution in [0.3, 0.4) is 0 Å². The maximum atomic E-state index is 12.2. The van der Waals surface area contributed by atoms with Gasteiger partial charge in [0.2, 0.25) is 0 Å². The Labute approximate surface area is 179 Å². The monoisotopic (exact) mass is 439 g/mol. The first kappa shape index (κ1) is 21.2. The van der Waals surface area contributed by atoms with Crippen molar-refractivity contribution in [3.05, 3.63) is 54.6 Å². The molecule has 0 radical (unpaired) electrons. The molecule has 3 aliphatic rings. The van der Waals surface area contributed by atoms with Crippen molar-refractivity contribution in [2.45, 2.75) is 24.3 Å². The molecule has 0 saturated carbocycles. The Hall–Kier alpha value is -2.48. The average Bonchev–Trinajstić information content (AvgIpc) is 3.53. The SMILES string of the molecule is COC(=O)C1C2OC(C1C(=O)OC)C1C2N=NN1c1ccc[cH-]1.[Fe+2].c1cc[cH-]c1. The normalized spacial score (nSPS) is 30.8. The molecule has 2 bridgehead atoms. The van der Waals surface area contributed by atoms with Crippen molar-refractivity contribution in [3.8, 4) is 0 Å². The van der Waals surface area contributed by atoms with E-state index in [9.17, 15) is 9.59 Å². The maximum Gasteiger partial charge on any atom is 2.00 e. The molecule has 0 spiro atoms. The largest absolute Gasteiger partial charge is 2.00 e. The molecule has 6 unspecified atom stereocenters. The molecule has 2 fully saturated rings. The van der Waals surface area contributed by atoms with Crippen molar-refractivity contribution in [1.29, 1.82) is 0 Å². The number of methoxy groups -OCH3 is 2. The van der Waals surface area contributed by atoms with E-state index in [4.69, 9.17) is 14.2 Å². The van der Waals surface area contributed by atoms with Gasteiger partial charge in [0.05, 0.1) is 26.4 Å². The summed E-state index contributed by atoms with van der Waals surface area (Å²) in [7, 11) is 2.60. The van der Waals surface area contributed by atoms with Crippen molar-refractivity contribution in [2.75, 3.05) is 19.2 Å². The van der Waals surface area contributed by atoms with E-state index in [0.717, 1.165) is 5.69 Å². The molecule has 154 valence electrons. The first-order valence-electron chi connectivity index (χ1n) is 9.07. The predicted molar refractivity (Wildman–Crippen MR) is 98.7 cm³/mol. The second-order valence-corrected chi connectivity index (χ2v) is 6.80. The summed E-state index contributed by atoms with van der Waals surface area (Å²) in [6.07, 6.45) is -1.03. The number of anilines is 1. The molecule has 2 aromatic rings. The van der Waals surface area contributed by atoms with Gasteiger partial charge in [-0.25, -0.2) is 18.2 Å². The first-order chi connectivity index (χ1) is 13.7. The van der Waals surface area contributed by atoms with Gasteiger partial charge >= 0.3 is 29.0 Å². The molecule has 0 N–H and O–H groups in total. The molecule has 3 heterocycles. The van der Waals surface area contributed by atoms with Gasteiger partial charge in [0.1, 0.15) is 23.9 Å². The van der Waals surface area contributed by atoms with Crippen molar-refractivity contribution in [2.24, 2.45) is 22.2 Å². The third-order valence-corrected chi connectivity index (χ3v) is 5.41. The van der Waals surface area contributed by atoms with Gasteiger partial charge in [-0.15, -0.1) is 6.07 Å². The van der Waals surface area contributed by atoms with Crippen LogP contribution in [0.25, 0.3) is 0 Å². The Morgan fingerprint density at radius 1 is 1.03 bits per heavy atom. The minimum Gasteiger partial charge on any atom is -0.469 e. The number of hydrogen-bond acceptors (Lipinski definition) is 8. The van der Waals surface area contributed by atoms with Gasteiger partial charge in [-0.1, -0.05) is 10.9 Å². The van der Waals surface area contributed by atoms with Gasteiger partial charge in [-0.05, 0) is 0 Å². The minimum atomic E-state index is -0.711. The quantitative estimate of drug-likeness (QED) is 0.414. The van der Waals surface area contributed by atoms with Gasteiger partial charge in [0.25, 0.3) is 0 Å². The zero-order valence-corrected chi connectivity index (χ0v) is 17.0. The Balaban J connectivity index is 0.000000352. The van der Waals surface area contributed by atoms with Crippen LogP contribution in [0.4, 0.5) is 5.69 Å². The van der Waals surface area contributed by atoms with E-state index in [-0.39, 0.29) is 29.2 Å². The number of esters is 2. The molecule has 2 aromatic carbocycles. The molecule has 6 atom stereocenters. The molecule has 0 aliphatic carbocycles. The molecule has 3 aliphatic heterocycles. The van der Waals surface area contributed by atoms with Crippen LogP contribution in [0.15, 0.2) is 64.9 Å². The molecule has 0 aromatic heterocycles. The summed E-state index contributed by atoms with van der Waals surface area (Å²) in [5.41, 5.74) is 0.885. The van der Waals surface area contributed by atoms with Crippen LogP contribution in [0.5, 0.6) is 0 Å². The number of carbonyl (C=O) groups excluding carboxylic acids is 2. The van der Waals surface area contributed by atoms with Crippen LogP contribution in [0.1, 0.15) is 0 Å². The van der Waals surface area contributed by atoms with Gasteiger partial charge in [-0.2, -0.15) is 35.4 Å². The topological polar surface area (TPSA) is 89.8 Å². The van der Waals surface area contributed by atoms with Crippen LogP contribution >= 0.6 is 0 Å². The molecule has 2 saturated heterocycles. The Kier molecular flexibility index (Phi) is 6.52. The van der Waals surface area contributed by atoms with Gasteiger partial charge in [0, 0.05) is 0 Å². The summed E-state index contributed by atoms with van der Waals surface area (Å²) in [4.78, 5) is 24.4. The smallest absolute Gasteiger partial charge is 0.469 e. The van der Waals surface area contributed by atoms with Crippen molar-refractivity contribution < 1.29 is 40.9 Å². The standard InChI is InChI=1S/C15H16N3O5.C5H5.Fe/c1-21-14(19)8-9(15(20)22-2)13-11-10(12(8)23-13)16-17-18(11)7-5-3-4-6-7;1-2-4-5-3-1;/h3-6,8-13H,1-2H3;1-5H;/q2*-1;+2. The van der Waals surface area contributed by atoms with Gasteiger partial charge < -0.3 is 14.2 Å². The fourth-order valence-electron chi connectivity index (χ4n) is 4.22. The second-order valence-electron chi connectivity index (χ2n) is 6.80. The first-order valence-corrected chi connectivity index (χ1v) is 9.07. The van der Waals surface area contributed by atoms with Crippen LogP contribution in [-0.2, 0) is 40.9 Å². The summed E-state index contributed by atoms with van der Waals surface area (Å²) in [5, 5.41) is 10.2.